The van der Waals surface area contributed by atoms with Gasteiger partial charge in [-0.05, 0) is 61.6 Å². The number of alkyl halides is 3. The van der Waals surface area contributed by atoms with Crippen molar-refractivity contribution in [3.05, 3.63) is 46.3 Å². The molecule has 0 radical (unpaired) electrons. The Kier molecular flexibility index (Phi) is 3.56. The monoisotopic (exact) mass is 388 g/mol. The number of aliphatic hydroxyl groups excluding tert-OH is 1. The van der Waals surface area contributed by atoms with Gasteiger partial charge in [0.15, 0.2) is 11.5 Å². The van der Waals surface area contributed by atoms with Crippen molar-refractivity contribution in [1.82, 2.24) is 14.6 Å². The zero-order chi connectivity index (χ0) is 19.8. The van der Waals surface area contributed by atoms with Crippen LogP contribution in [0.2, 0.25) is 0 Å². The van der Waals surface area contributed by atoms with E-state index in [9.17, 15) is 18.3 Å². The summed E-state index contributed by atoms with van der Waals surface area (Å²) >= 11 is 0. The highest BCUT2D eigenvalue weighted by Gasteiger charge is 2.37. The standard InChI is InChI=1S/C20H19F3N4O/c1-9-5-13(7-12-8-15(28)24-16(9)12)17-14(20(21,22)23)6-10(2)19-25-18(11-3-4-11)26-27(17)19/h5-7,11,15,24,28H,3-4,8H2,1-2H3. The molecule has 0 amide bonds. The molecule has 1 aliphatic heterocycles. The lowest BCUT2D eigenvalue weighted by molar-refractivity contribution is -0.137. The van der Waals surface area contributed by atoms with Gasteiger partial charge in [-0.15, -0.1) is 0 Å². The highest BCUT2D eigenvalue weighted by Crippen LogP contribution is 2.43. The van der Waals surface area contributed by atoms with Gasteiger partial charge in [0.05, 0.1) is 11.3 Å². The molecule has 1 aromatic carbocycles. The molecule has 3 aromatic rings. The number of pyridine rings is 1. The Morgan fingerprint density at radius 1 is 1.14 bits per heavy atom. The second-order valence-corrected chi connectivity index (χ2v) is 7.76. The summed E-state index contributed by atoms with van der Waals surface area (Å²) in [5.74, 6) is 0.848. The molecule has 2 aliphatic rings. The number of nitrogens with one attached hydrogen (secondary N) is 1. The average molecular weight is 388 g/mol. The van der Waals surface area contributed by atoms with Gasteiger partial charge in [-0.3, -0.25) is 0 Å². The van der Waals surface area contributed by atoms with Gasteiger partial charge in [-0.1, -0.05) is 0 Å². The number of aryl methyl sites for hydroxylation is 2. The predicted octanol–water partition coefficient (Wildman–Crippen LogP) is 4.20. The molecule has 3 heterocycles. The predicted molar refractivity (Wildman–Crippen MR) is 98.2 cm³/mol. The third kappa shape index (κ3) is 2.66. The maximum Gasteiger partial charge on any atom is 0.418 e. The zero-order valence-electron chi connectivity index (χ0n) is 15.4. The highest BCUT2D eigenvalue weighted by atomic mass is 19.4. The number of aromatic nitrogens is 3. The van der Waals surface area contributed by atoms with Crippen LogP contribution < -0.4 is 5.32 Å². The highest BCUT2D eigenvalue weighted by molar-refractivity contribution is 5.75. The van der Waals surface area contributed by atoms with Crippen LogP contribution in [0.4, 0.5) is 18.9 Å². The molecule has 1 aliphatic carbocycles. The second-order valence-electron chi connectivity index (χ2n) is 7.76. The fourth-order valence-electron chi connectivity index (χ4n) is 4.00. The fraction of sp³-hybridized carbons (Fsp3) is 0.400. The van der Waals surface area contributed by atoms with Crippen LogP contribution in [0, 0.1) is 13.8 Å². The molecule has 1 atom stereocenters. The van der Waals surface area contributed by atoms with Gasteiger partial charge in [0, 0.05) is 23.6 Å². The van der Waals surface area contributed by atoms with Gasteiger partial charge in [0.25, 0.3) is 0 Å². The number of hydrogen-bond donors (Lipinski definition) is 2. The summed E-state index contributed by atoms with van der Waals surface area (Å²) < 4.78 is 43.2. The van der Waals surface area contributed by atoms with Crippen LogP contribution in [0.25, 0.3) is 16.9 Å². The number of anilines is 1. The molecule has 28 heavy (non-hydrogen) atoms. The molecule has 2 aromatic heterocycles. The first-order valence-corrected chi connectivity index (χ1v) is 9.28. The van der Waals surface area contributed by atoms with Crippen LogP contribution in [-0.2, 0) is 12.6 Å². The van der Waals surface area contributed by atoms with Crippen molar-refractivity contribution in [2.75, 3.05) is 5.32 Å². The van der Waals surface area contributed by atoms with Crippen LogP contribution in [0.1, 0.15) is 46.8 Å². The van der Waals surface area contributed by atoms with E-state index < -0.39 is 18.0 Å². The number of aliphatic hydroxyl groups is 1. The number of benzene rings is 1. The van der Waals surface area contributed by atoms with Gasteiger partial charge >= 0.3 is 6.18 Å². The number of fused-ring (bicyclic) bond motifs is 2. The number of nitrogens with zero attached hydrogens (tertiary/aromatic N) is 3. The van der Waals surface area contributed by atoms with Crippen LogP contribution >= 0.6 is 0 Å². The fourth-order valence-corrected chi connectivity index (χ4v) is 4.00. The van der Waals surface area contributed by atoms with Gasteiger partial charge in [0.1, 0.15) is 6.23 Å². The largest absolute Gasteiger partial charge is 0.418 e. The lowest BCUT2D eigenvalue weighted by Crippen LogP contribution is -2.13. The minimum absolute atomic E-state index is 0.000195. The maximum absolute atomic E-state index is 13.9. The van der Waals surface area contributed by atoms with Crippen LogP contribution in [0.3, 0.4) is 0 Å². The van der Waals surface area contributed by atoms with E-state index in [1.54, 1.807) is 19.1 Å². The first-order valence-electron chi connectivity index (χ1n) is 9.28. The van der Waals surface area contributed by atoms with E-state index in [0.29, 0.717) is 29.0 Å². The Bertz CT molecular complexity index is 1120. The molecule has 5 nitrogen and oxygen atoms in total. The molecule has 8 heteroatoms. The van der Waals surface area contributed by atoms with Crippen molar-refractivity contribution >= 4 is 11.3 Å². The number of hydrogen-bond acceptors (Lipinski definition) is 4. The normalized spacial score (nSPS) is 19.1. The molecule has 0 bridgehead atoms. The molecule has 0 saturated heterocycles. The first kappa shape index (κ1) is 17.5. The summed E-state index contributed by atoms with van der Waals surface area (Å²) in [7, 11) is 0. The lowest BCUT2D eigenvalue weighted by Gasteiger charge is -2.17. The maximum atomic E-state index is 13.9. The van der Waals surface area contributed by atoms with Crippen molar-refractivity contribution in [1.29, 1.82) is 0 Å². The third-order valence-electron chi connectivity index (χ3n) is 5.47. The van der Waals surface area contributed by atoms with E-state index in [2.05, 4.69) is 15.4 Å². The van der Waals surface area contributed by atoms with E-state index in [4.69, 9.17) is 0 Å². The Hall–Kier alpha value is -2.61. The Labute approximate surface area is 159 Å². The van der Waals surface area contributed by atoms with Gasteiger partial charge < -0.3 is 10.4 Å². The Morgan fingerprint density at radius 3 is 2.57 bits per heavy atom. The SMILES string of the molecule is Cc1cc(-c2c(C(F)(F)F)cc(C)c3nc(C4CC4)nn23)cc2c1NC(O)C2. The van der Waals surface area contributed by atoms with E-state index >= 15 is 0 Å². The smallest absolute Gasteiger partial charge is 0.373 e. The molecule has 1 unspecified atom stereocenters. The second kappa shape index (κ2) is 5.70. The van der Waals surface area contributed by atoms with Crippen molar-refractivity contribution < 1.29 is 18.3 Å². The molecular formula is C20H19F3N4O. The summed E-state index contributed by atoms with van der Waals surface area (Å²) in [5.41, 5.74) is 2.98. The Balaban J connectivity index is 1.81. The van der Waals surface area contributed by atoms with Crippen LogP contribution in [-0.4, -0.2) is 25.9 Å². The van der Waals surface area contributed by atoms with Gasteiger partial charge in [-0.2, -0.15) is 18.3 Å². The third-order valence-corrected chi connectivity index (χ3v) is 5.47. The number of halogens is 3. The van der Waals surface area contributed by atoms with Crippen LogP contribution in [0.15, 0.2) is 18.2 Å². The minimum atomic E-state index is -4.52. The summed E-state index contributed by atoms with van der Waals surface area (Å²) in [6, 6.07) is 4.58. The van der Waals surface area contributed by atoms with E-state index in [1.165, 1.54) is 4.52 Å². The molecule has 2 N–H and O–H groups in total. The van der Waals surface area contributed by atoms with Crippen molar-refractivity contribution in [3.8, 4) is 11.3 Å². The minimum Gasteiger partial charge on any atom is -0.373 e. The molecule has 1 fully saturated rings. The Morgan fingerprint density at radius 2 is 1.89 bits per heavy atom. The summed E-state index contributed by atoms with van der Waals surface area (Å²) in [6.45, 7) is 3.46. The quantitative estimate of drug-likeness (QED) is 0.691. The summed E-state index contributed by atoms with van der Waals surface area (Å²) in [4.78, 5) is 4.52. The summed E-state index contributed by atoms with van der Waals surface area (Å²) in [6.07, 6.45) is -2.95. The van der Waals surface area contributed by atoms with Gasteiger partial charge in [0.2, 0.25) is 0 Å². The van der Waals surface area contributed by atoms with E-state index in [1.807, 2.05) is 6.92 Å². The zero-order valence-corrected chi connectivity index (χ0v) is 15.4. The first-order chi connectivity index (χ1) is 13.2. The lowest BCUT2D eigenvalue weighted by atomic mass is 9.97. The van der Waals surface area contributed by atoms with E-state index in [-0.39, 0.29) is 11.6 Å². The van der Waals surface area contributed by atoms with Crippen molar-refractivity contribution in [2.45, 2.75) is 51.4 Å². The molecule has 5 rings (SSSR count). The molecule has 146 valence electrons. The van der Waals surface area contributed by atoms with Crippen LogP contribution in [0.5, 0.6) is 0 Å². The topological polar surface area (TPSA) is 62.5 Å². The van der Waals surface area contributed by atoms with Crippen molar-refractivity contribution in [3.63, 3.8) is 0 Å². The molecule has 0 spiro atoms. The van der Waals surface area contributed by atoms with E-state index in [0.717, 1.165) is 35.7 Å². The number of rotatable bonds is 2. The summed E-state index contributed by atoms with van der Waals surface area (Å²) in [5, 5.41) is 17.3. The molecule has 1 saturated carbocycles. The molecular weight excluding hydrogens is 369 g/mol. The van der Waals surface area contributed by atoms with Gasteiger partial charge in [-0.25, -0.2) is 9.50 Å². The van der Waals surface area contributed by atoms with Crippen molar-refractivity contribution in [2.24, 2.45) is 0 Å². The average Bonchev–Trinajstić information content (AvgIpc) is 3.23.